The zero-order chi connectivity index (χ0) is 21.3. The Kier molecular flexibility index (Phi) is 9.00. The van der Waals surface area contributed by atoms with Gasteiger partial charge in [0.15, 0.2) is 5.96 Å². The van der Waals surface area contributed by atoms with Crippen molar-refractivity contribution in [1.82, 2.24) is 15.5 Å². The molecule has 3 rings (SSSR count). The second kappa shape index (κ2) is 11.7. The highest BCUT2D eigenvalue weighted by molar-refractivity contribution is 7.85. The molecule has 0 aromatic heterocycles. The summed E-state index contributed by atoms with van der Waals surface area (Å²) in [5.74, 6) is 2.49. The third-order valence-corrected chi connectivity index (χ3v) is 8.11. The predicted octanol–water partition coefficient (Wildman–Crippen LogP) is 3.08. The first kappa shape index (κ1) is 23.1. The van der Waals surface area contributed by atoms with Crippen molar-refractivity contribution >= 4 is 16.8 Å². The second-order valence-electron chi connectivity index (χ2n) is 8.29. The zero-order valence-electron chi connectivity index (χ0n) is 18.7. The minimum absolute atomic E-state index is 0.285. The molecule has 0 bridgehead atoms. The Hall–Kier alpha value is -1.60. The van der Waals surface area contributed by atoms with Crippen molar-refractivity contribution in [2.75, 3.05) is 39.5 Å². The number of hydrogen-bond acceptors (Lipinski definition) is 4. The molecule has 6 nitrogen and oxygen atoms in total. The molecular formula is C23H38N4O2S. The molecule has 1 saturated heterocycles. The summed E-state index contributed by atoms with van der Waals surface area (Å²) in [5, 5.41) is 7.48. The van der Waals surface area contributed by atoms with E-state index in [1.807, 2.05) is 20.0 Å². The maximum absolute atomic E-state index is 12.3. The van der Waals surface area contributed by atoms with Gasteiger partial charge in [-0.3, -0.25) is 14.1 Å². The Bertz CT molecular complexity index is 721. The summed E-state index contributed by atoms with van der Waals surface area (Å²) in [4.78, 5) is 7.03. The third kappa shape index (κ3) is 6.20. The van der Waals surface area contributed by atoms with E-state index in [1.54, 1.807) is 7.11 Å². The molecule has 2 aliphatic rings. The van der Waals surface area contributed by atoms with Crippen LogP contribution in [0.4, 0.5) is 0 Å². The predicted molar refractivity (Wildman–Crippen MR) is 126 cm³/mol. The summed E-state index contributed by atoms with van der Waals surface area (Å²) in [5.41, 5.74) is 1.27. The van der Waals surface area contributed by atoms with Crippen molar-refractivity contribution in [3.05, 3.63) is 29.8 Å². The van der Waals surface area contributed by atoms with Crippen LogP contribution in [0.15, 0.2) is 29.3 Å². The fourth-order valence-corrected chi connectivity index (χ4v) is 6.04. The molecule has 4 unspecified atom stereocenters. The first-order valence-corrected chi connectivity index (χ1v) is 12.7. The molecule has 2 N–H and O–H groups in total. The Morgan fingerprint density at radius 1 is 1.30 bits per heavy atom. The smallest absolute Gasteiger partial charge is 0.191 e. The van der Waals surface area contributed by atoms with Crippen molar-refractivity contribution in [1.29, 1.82) is 0 Å². The van der Waals surface area contributed by atoms with Gasteiger partial charge in [-0.15, -0.1) is 0 Å². The largest absolute Gasteiger partial charge is 0.497 e. The van der Waals surface area contributed by atoms with Gasteiger partial charge in [-0.25, -0.2) is 0 Å². The Morgan fingerprint density at radius 2 is 2.10 bits per heavy atom. The average Bonchev–Trinajstić information content (AvgIpc) is 3.32. The van der Waals surface area contributed by atoms with Gasteiger partial charge in [0.1, 0.15) is 5.75 Å². The van der Waals surface area contributed by atoms with Gasteiger partial charge in [0.2, 0.25) is 0 Å². The minimum Gasteiger partial charge on any atom is -0.497 e. The molecule has 4 atom stereocenters. The maximum Gasteiger partial charge on any atom is 0.191 e. The molecule has 1 aromatic rings. The van der Waals surface area contributed by atoms with Crippen LogP contribution in [0.5, 0.6) is 5.75 Å². The molecule has 1 aliphatic heterocycles. The molecule has 1 aromatic carbocycles. The average molecular weight is 435 g/mol. The van der Waals surface area contributed by atoms with E-state index in [2.05, 4.69) is 38.7 Å². The van der Waals surface area contributed by atoms with Crippen LogP contribution in [0.25, 0.3) is 0 Å². The van der Waals surface area contributed by atoms with Gasteiger partial charge in [0, 0.05) is 41.4 Å². The normalized spacial score (nSPS) is 25.0. The summed E-state index contributed by atoms with van der Waals surface area (Å²) in [7, 11) is 2.84. The molecule has 0 radical (unpaired) electrons. The van der Waals surface area contributed by atoms with Crippen LogP contribution < -0.4 is 15.4 Å². The van der Waals surface area contributed by atoms with E-state index in [0.29, 0.717) is 11.3 Å². The van der Waals surface area contributed by atoms with E-state index in [-0.39, 0.29) is 6.04 Å². The van der Waals surface area contributed by atoms with Crippen molar-refractivity contribution in [2.45, 2.75) is 62.8 Å². The van der Waals surface area contributed by atoms with Gasteiger partial charge in [-0.2, -0.15) is 0 Å². The Morgan fingerprint density at radius 3 is 2.80 bits per heavy atom. The third-order valence-electron chi connectivity index (χ3n) is 6.37. The van der Waals surface area contributed by atoms with Crippen molar-refractivity contribution < 1.29 is 8.95 Å². The summed E-state index contributed by atoms with van der Waals surface area (Å²) in [6.07, 6.45) is 6.80. The zero-order valence-corrected chi connectivity index (χ0v) is 19.5. The number of aliphatic imine (C=N–C) groups is 1. The molecule has 1 saturated carbocycles. The van der Waals surface area contributed by atoms with E-state index in [0.717, 1.165) is 62.8 Å². The number of guanidine groups is 1. The number of methoxy groups -OCH3 is 1. The van der Waals surface area contributed by atoms with Crippen molar-refractivity contribution in [3.8, 4) is 5.75 Å². The number of rotatable bonds is 8. The topological polar surface area (TPSA) is 66.0 Å². The number of nitrogens with one attached hydrogen (secondary N) is 2. The highest BCUT2D eigenvalue weighted by Gasteiger charge is 2.27. The molecule has 2 fully saturated rings. The summed E-state index contributed by atoms with van der Waals surface area (Å²) >= 11 is 0. The molecule has 7 heteroatoms. The lowest BCUT2D eigenvalue weighted by molar-refractivity contribution is 0.244. The summed E-state index contributed by atoms with van der Waals surface area (Å²) < 4.78 is 17.7. The molecule has 0 amide bonds. The van der Waals surface area contributed by atoms with Crippen LogP contribution in [-0.2, 0) is 10.8 Å². The summed E-state index contributed by atoms with van der Waals surface area (Å²) in [6.45, 7) is 5.07. The standard InChI is InChI=1S/C23H38N4O2S/c1-4-30(28)21-12-8-10-19(16-21)26-23(24-2)25-17-22(27-13-5-6-14-27)18-9-7-11-20(15-18)29-3/h7,9,11,15,19,21-22H,4-6,8,10,12-14,16-17H2,1-3H3,(H2,24,25,26). The quantitative estimate of drug-likeness (QED) is 0.486. The molecule has 1 heterocycles. The second-order valence-corrected chi connectivity index (χ2v) is 10.3. The number of ether oxygens (including phenoxy) is 1. The van der Waals surface area contributed by atoms with Gasteiger partial charge in [-0.05, 0) is 62.9 Å². The van der Waals surface area contributed by atoms with E-state index in [4.69, 9.17) is 4.74 Å². The van der Waals surface area contributed by atoms with Gasteiger partial charge in [0.05, 0.1) is 13.2 Å². The number of likely N-dealkylation sites (tertiary alicyclic amines) is 1. The van der Waals surface area contributed by atoms with Gasteiger partial charge in [0.25, 0.3) is 0 Å². The van der Waals surface area contributed by atoms with Crippen LogP contribution >= 0.6 is 0 Å². The van der Waals surface area contributed by atoms with E-state index in [9.17, 15) is 4.21 Å². The van der Waals surface area contributed by atoms with Crippen LogP contribution in [0.2, 0.25) is 0 Å². The molecular weight excluding hydrogens is 396 g/mol. The maximum atomic E-state index is 12.3. The number of nitrogens with zero attached hydrogens (tertiary/aromatic N) is 2. The van der Waals surface area contributed by atoms with Crippen molar-refractivity contribution in [3.63, 3.8) is 0 Å². The molecule has 30 heavy (non-hydrogen) atoms. The SMILES string of the molecule is CCS(=O)C1CCCC(NC(=NC)NCC(c2cccc(OC)c2)N2CCCC2)C1. The lowest BCUT2D eigenvalue weighted by Crippen LogP contribution is -2.48. The Balaban J connectivity index is 1.62. The first-order valence-electron chi connectivity index (χ1n) is 11.4. The van der Waals surface area contributed by atoms with Gasteiger partial charge >= 0.3 is 0 Å². The first-order chi connectivity index (χ1) is 14.6. The minimum atomic E-state index is -0.711. The van der Waals surface area contributed by atoms with Crippen LogP contribution in [0.1, 0.15) is 57.1 Å². The Labute approximate surface area is 184 Å². The fourth-order valence-electron chi connectivity index (χ4n) is 4.69. The highest BCUT2D eigenvalue weighted by Crippen LogP contribution is 2.27. The number of hydrogen-bond donors (Lipinski definition) is 2. The molecule has 168 valence electrons. The lowest BCUT2D eigenvalue weighted by atomic mass is 9.95. The fraction of sp³-hybridized carbons (Fsp3) is 0.696. The van der Waals surface area contributed by atoms with E-state index >= 15 is 0 Å². The monoisotopic (exact) mass is 434 g/mol. The lowest BCUT2D eigenvalue weighted by Gasteiger charge is -2.32. The molecule has 0 spiro atoms. The highest BCUT2D eigenvalue weighted by atomic mass is 32.2. The van der Waals surface area contributed by atoms with Crippen LogP contribution in [0.3, 0.4) is 0 Å². The van der Waals surface area contributed by atoms with Crippen LogP contribution in [0, 0.1) is 0 Å². The summed E-state index contributed by atoms with van der Waals surface area (Å²) in [6, 6.07) is 9.03. The van der Waals surface area contributed by atoms with E-state index in [1.165, 1.54) is 18.4 Å². The van der Waals surface area contributed by atoms with E-state index < -0.39 is 10.8 Å². The van der Waals surface area contributed by atoms with Crippen molar-refractivity contribution in [2.24, 2.45) is 4.99 Å². The number of benzene rings is 1. The molecule has 1 aliphatic carbocycles. The van der Waals surface area contributed by atoms with Gasteiger partial charge < -0.3 is 15.4 Å². The van der Waals surface area contributed by atoms with Gasteiger partial charge in [-0.1, -0.05) is 25.5 Å². The van der Waals surface area contributed by atoms with Crippen LogP contribution in [-0.4, -0.2) is 65.9 Å².